The predicted molar refractivity (Wildman–Crippen MR) is 108 cm³/mol. The average Bonchev–Trinajstić information content (AvgIpc) is 2.97. The number of alkyl halides is 1. The number of amides is 1. The van der Waals surface area contributed by atoms with Crippen LogP contribution in [0.15, 0.2) is 56.8 Å². The maximum atomic E-state index is 12.8. The van der Waals surface area contributed by atoms with Gasteiger partial charge in [0.05, 0.1) is 19.3 Å². The van der Waals surface area contributed by atoms with Gasteiger partial charge in [0.1, 0.15) is 11.3 Å². The summed E-state index contributed by atoms with van der Waals surface area (Å²) in [5, 5.41) is 13.8. The first-order valence-electron chi connectivity index (χ1n) is 8.39. The van der Waals surface area contributed by atoms with E-state index in [1.807, 2.05) is 12.1 Å². The van der Waals surface area contributed by atoms with Crippen LogP contribution in [0.1, 0.15) is 16.7 Å². The molecule has 1 N–H and O–H groups in total. The molecule has 142 valence electrons. The summed E-state index contributed by atoms with van der Waals surface area (Å²) in [5.74, 6) is 0.131. The molecule has 0 radical (unpaired) electrons. The molecule has 1 amide bonds. The topological polar surface area (TPSA) is 92.3 Å². The van der Waals surface area contributed by atoms with Crippen LogP contribution < -0.4 is 15.3 Å². The monoisotopic (exact) mass is 442 g/mol. The first-order chi connectivity index (χ1) is 13.5. The van der Waals surface area contributed by atoms with E-state index < -0.39 is 11.5 Å². The van der Waals surface area contributed by atoms with Crippen LogP contribution >= 0.6 is 15.9 Å². The minimum atomic E-state index is -0.520. The van der Waals surface area contributed by atoms with Gasteiger partial charge in [0.25, 0.3) is 5.91 Å². The molecule has 0 spiro atoms. The lowest BCUT2D eigenvalue weighted by Crippen LogP contribution is -2.30. The lowest BCUT2D eigenvalue weighted by atomic mass is 10.1. The first kappa shape index (κ1) is 18.2. The van der Waals surface area contributed by atoms with Crippen LogP contribution in [0.5, 0.6) is 5.75 Å². The number of anilines is 1. The molecule has 0 aliphatic carbocycles. The Labute approximate surface area is 168 Å². The number of fused-ring (bicyclic) bond motifs is 2. The fraction of sp³-hybridized carbons (Fsp3) is 0.150. The summed E-state index contributed by atoms with van der Waals surface area (Å²) in [5.41, 5.74) is 2.60. The van der Waals surface area contributed by atoms with Gasteiger partial charge in [-0.3, -0.25) is 4.79 Å². The third-order valence-corrected chi connectivity index (χ3v) is 5.32. The fourth-order valence-electron chi connectivity index (χ4n) is 3.33. The van der Waals surface area contributed by atoms with E-state index in [-0.39, 0.29) is 12.3 Å². The third kappa shape index (κ3) is 2.95. The Morgan fingerprint density at radius 1 is 1.18 bits per heavy atom. The van der Waals surface area contributed by atoms with Gasteiger partial charge in [0.2, 0.25) is 0 Å². The molecule has 8 heteroatoms. The third-order valence-electron chi connectivity index (χ3n) is 4.68. The SMILES string of the molecule is COc1ccc2c(CN3C(=O)/C(=N/O)c4ccc(CBr)cc43)cc(=O)oc2c1. The molecular formula is C20H15BrN2O5. The number of rotatable bonds is 4. The Kier molecular flexibility index (Phi) is 4.64. The average molecular weight is 443 g/mol. The van der Waals surface area contributed by atoms with Crippen molar-refractivity contribution in [2.75, 3.05) is 12.0 Å². The highest BCUT2D eigenvalue weighted by atomic mass is 79.9. The van der Waals surface area contributed by atoms with Crippen molar-refractivity contribution in [2.24, 2.45) is 5.16 Å². The summed E-state index contributed by atoms with van der Waals surface area (Å²) in [6.45, 7) is 0.130. The van der Waals surface area contributed by atoms with Gasteiger partial charge < -0.3 is 19.3 Å². The van der Waals surface area contributed by atoms with Crippen molar-refractivity contribution in [3.8, 4) is 5.75 Å². The van der Waals surface area contributed by atoms with Gasteiger partial charge in [-0.1, -0.05) is 33.2 Å². The zero-order valence-electron chi connectivity index (χ0n) is 14.8. The molecule has 1 aliphatic rings. The van der Waals surface area contributed by atoms with Crippen molar-refractivity contribution in [3.05, 3.63) is 69.6 Å². The molecule has 0 atom stereocenters. The van der Waals surface area contributed by atoms with Gasteiger partial charge in [-0.05, 0) is 29.3 Å². The summed E-state index contributed by atoms with van der Waals surface area (Å²) < 4.78 is 10.5. The van der Waals surface area contributed by atoms with Crippen LogP contribution in [0.25, 0.3) is 11.0 Å². The minimum Gasteiger partial charge on any atom is -0.497 e. The molecule has 0 saturated carbocycles. The van der Waals surface area contributed by atoms with E-state index in [4.69, 9.17) is 9.15 Å². The maximum absolute atomic E-state index is 12.8. The molecule has 0 fully saturated rings. The lowest BCUT2D eigenvalue weighted by molar-refractivity contribution is -0.112. The molecule has 1 aromatic heterocycles. The van der Waals surface area contributed by atoms with Crippen LogP contribution in [0.3, 0.4) is 0 Å². The Hall–Kier alpha value is -3.13. The van der Waals surface area contributed by atoms with Crippen molar-refractivity contribution >= 4 is 44.2 Å². The normalized spacial score (nSPS) is 14.7. The number of halogens is 1. The number of ether oxygens (including phenoxy) is 1. The Balaban J connectivity index is 1.84. The van der Waals surface area contributed by atoms with Crippen molar-refractivity contribution in [1.29, 1.82) is 0 Å². The number of hydrogen-bond acceptors (Lipinski definition) is 6. The molecule has 0 bridgehead atoms. The summed E-state index contributed by atoms with van der Waals surface area (Å²) in [6, 6.07) is 12.0. The van der Waals surface area contributed by atoms with Crippen LogP contribution in [0.2, 0.25) is 0 Å². The largest absolute Gasteiger partial charge is 0.497 e. The van der Waals surface area contributed by atoms with Crippen molar-refractivity contribution in [2.45, 2.75) is 11.9 Å². The smallest absolute Gasteiger partial charge is 0.336 e. The van der Waals surface area contributed by atoms with E-state index in [1.54, 1.807) is 24.3 Å². The zero-order chi connectivity index (χ0) is 19.8. The fourth-order valence-corrected chi connectivity index (χ4v) is 3.68. The molecule has 0 saturated heterocycles. The van der Waals surface area contributed by atoms with Crippen molar-refractivity contribution in [1.82, 2.24) is 0 Å². The van der Waals surface area contributed by atoms with E-state index in [2.05, 4.69) is 21.1 Å². The molecule has 28 heavy (non-hydrogen) atoms. The summed E-state index contributed by atoms with van der Waals surface area (Å²) >= 11 is 3.41. The number of oxime groups is 1. The first-order valence-corrected chi connectivity index (χ1v) is 9.52. The van der Waals surface area contributed by atoms with Crippen molar-refractivity contribution in [3.63, 3.8) is 0 Å². The highest BCUT2D eigenvalue weighted by molar-refractivity contribution is 9.08. The van der Waals surface area contributed by atoms with Crippen molar-refractivity contribution < 1.29 is 19.2 Å². The highest BCUT2D eigenvalue weighted by Crippen LogP contribution is 2.33. The second-order valence-corrected chi connectivity index (χ2v) is 6.84. The summed E-state index contributed by atoms with van der Waals surface area (Å²) in [6.07, 6.45) is 0. The number of benzene rings is 2. The summed E-state index contributed by atoms with van der Waals surface area (Å²) in [4.78, 5) is 26.4. The van der Waals surface area contributed by atoms with E-state index in [1.165, 1.54) is 18.1 Å². The molecule has 0 unspecified atom stereocenters. The Morgan fingerprint density at radius 2 is 2.00 bits per heavy atom. The van der Waals surface area contributed by atoms with Crippen LogP contribution in [0, 0.1) is 0 Å². The molecule has 1 aliphatic heterocycles. The zero-order valence-corrected chi connectivity index (χ0v) is 16.4. The Morgan fingerprint density at radius 3 is 2.71 bits per heavy atom. The van der Waals surface area contributed by atoms with Gasteiger partial charge in [-0.25, -0.2) is 4.79 Å². The second-order valence-electron chi connectivity index (χ2n) is 6.28. The standard InChI is InChI=1S/C20H15BrN2O5/c1-27-13-3-5-14-12(7-18(24)28-17(14)8-13)10-23-16-6-11(9-21)2-4-15(16)19(22-26)20(23)25/h2-8,26H,9-10H2,1H3/b22-19+. The van der Waals surface area contributed by atoms with Crippen LogP contribution in [-0.4, -0.2) is 23.9 Å². The lowest BCUT2D eigenvalue weighted by Gasteiger charge is -2.18. The van der Waals surface area contributed by atoms with E-state index in [0.717, 1.165) is 5.56 Å². The molecular weight excluding hydrogens is 428 g/mol. The Bertz CT molecular complexity index is 1180. The number of nitrogens with zero attached hydrogens (tertiary/aromatic N) is 2. The van der Waals surface area contributed by atoms with Gasteiger partial charge in [0.15, 0.2) is 5.71 Å². The number of carbonyl (C=O) groups is 1. The molecule has 3 aromatic rings. The van der Waals surface area contributed by atoms with Crippen LogP contribution in [-0.2, 0) is 16.7 Å². The van der Waals surface area contributed by atoms with Gasteiger partial charge in [0, 0.05) is 28.4 Å². The van der Waals surface area contributed by atoms with Gasteiger partial charge in [-0.2, -0.15) is 0 Å². The van der Waals surface area contributed by atoms with Gasteiger partial charge >= 0.3 is 5.63 Å². The summed E-state index contributed by atoms with van der Waals surface area (Å²) in [7, 11) is 1.53. The number of methoxy groups -OCH3 is 1. The second kappa shape index (κ2) is 7.12. The van der Waals surface area contributed by atoms with Gasteiger partial charge in [-0.15, -0.1) is 0 Å². The molecule has 4 rings (SSSR count). The maximum Gasteiger partial charge on any atom is 0.336 e. The minimum absolute atomic E-state index is 0.0231. The van der Waals surface area contributed by atoms with E-state index >= 15 is 0 Å². The van der Waals surface area contributed by atoms with E-state index in [0.29, 0.717) is 38.9 Å². The number of hydrogen-bond donors (Lipinski definition) is 1. The quantitative estimate of drug-likeness (QED) is 0.289. The molecule has 7 nitrogen and oxygen atoms in total. The number of carbonyl (C=O) groups excluding carboxylic acids is 1. The van der Waals surface area contributed by atoms with E-state index in [9.17, 15) is 14.8 Å². The highest BCUT2D eigenvalue weighted by Gasteiger charge is 2.35. The molecule has 2 aromatic carbocycles. The van der Waals surface area contributed by atoms with Crippen LogP contribution in [0.4, 0.5) is 5.69 Å². The molecule has 2 heterocycles. The predicted octanol–water partition coefficient (Wildman–Crippen LogP) is 3.42.